The van der Waals surface area contributed by atoms with E-state index in [1.165, 1.54) is 12.1 Å². The van der Waals surface area contributed by atoms with Crippen LogP contribution in [0.4, 0.5) is 0 Å². The summed E-state index contributed by atoms with van der Waals surface area (Å²) < 4.78 is 29.6. The first-order valence-corrected chi connectivity index (χ1v) is 10.5. The summed E-state index contributed by atoms with van der Waals surface area (Å²) in [4.78, 5) is 0.116. The summed E-state index contributed by atoms with van der Waals surface area (Å²) in [6.07, 6.45) is 0.156. The zero-order valence-corrected chi connectivity index (χ0v) is 16.8. The molecular formula is C23H24O4S. The summed E-state index contributed by atoms with van der Waals surface area (Å²) in [5.41, 5.74) is 2.64. The number of hydrogen-bond acceptors (Lipinski definition) is 4. The third-order valence-corrected chi connectivity index (χ3v) is 6.08. The maximum Gasteiger partial charge on any atom is 0.296 e. The van der Waals surface area contributed by atoms with Crippen LogP contribution in [0.3, 0.4) is 0 Å². The summed E-state index contributed by atoms with van der Waals surface area (Å²) in [5, 5.41) is 10.8. The quantitative estimate of drug-likeness (QED) is 0.590. The van der Waals surface area contributed by atoms with Crippen molar-refractivity contribution in [1.29, 1.82) is 0 Å². The van der Waals surface area contributed by atoms with Gasteiger partial charge in [0.15, 0.2) is 0 Å². The van der Waals surface area contributed by atoms with Crippen LogP contribution in [-0.2, 0) is 19.9 Å². The third-order valence-electron chi connectivity index (χ3n) is 4.75. The molecular weight excluding hydrogens is 372 g/mol. The monoisotopic (exact) mass is 396 g/mol. The average Bonchev–Trinajstić information content (AvgIpc) is 2.69. The second-order valence-corrected chi connectivity index (χ2v) is 8.67. The van der Waals surface area contributed by atoms with Crippen LogP contribution in [0.2, 0.25) is 0 Å². The van der Waals surface area contributed by atoms with Crippen LogP contribution in [0, 0.1) is 6.92 Å². The normalized spacial score (nSPS) is 13.8. The van der Waals surface area contributed by atoms with Gasteiger partial charge in [0.1, 0.15) is 0 Å². The fraction of sp³-hybridized carbons (Fsp3) is 0.217. The summed E-state index contributed by atoms with van der Waals surface area (Å²) in [6, 6.07) is 24.1. The van der Waals surface area contributed by atoms with Crippen molar-refractivity contribution in [3.63, 3.8) is 0 Å². The minimum atomic E-state index is -3.84. The summed E-state index contributed by atoms with van der Waals surface area (Å²) in [5.74, 6) is 0. The van der Waals surface area contributed by atoms with Crippen LogP contribution in [0.15, 0.2) is 83.8 Å². The van der Waals surface area contributed by atoms with E-state index in [2.05, 4.69) is 0 Å². The molecule has 0 spiro atoms. The lowest BCUT2D eigenvalue weighted by molar-refractivity contribution is 0.0344. The minimum Gasteiger partial charge on any atom is -0.385 e. The van der Waals surface area contributed by atoms with Gasteiger partial charge in [0.25, 0.3) is 10.1 Å². The molecule has 3 rings (SSSR count). The smallest absolute Gasteiger partial charge is 0.296 e. The molecule has 0 heterocycles. The summed E-state index contributed by atoms with van der Waals surface area (Å²) in [6.45, 7) is 3.44. The molecule has 3 aromatic carbocycles. The van der Waals surface area contributed by atoms with Crippen molar-refractivity contribution < 1.29 is 17.7 Å². The lowest BCUT2D eigenvalue weighted by Crippen LogP contribution is -2.24. The average molecular weight is 397 g/mol. The number of hydrogen-bond donors (Lipinski definition) is 1. The van der Waals surface area contributed by atoms with Crippen molar-refractivity contribution in [3.8, 4) is 11.1 Å². The van der Waals surface area contributed by atoms with Gasteiger partial charge in [0, 0.05) is 6.42 Å². The van der Waals surface area contributed by atoms with Crippen molar-refractivity contribution in [2.75, 3.05) is 6.61 Å². The van der Waals surface area contributed by atoms with Gasteiger partial charge < -0.3 is 5.11 Å². The Morgan fingerprint density at radius 3 is 2.04 bits per heavy atom. The van der Waals surface area contributed by atoms with Gasteiger partial charge in [-0.05, 0) is 42.7 Å². The van der Waals surface area contributed by atoms with Gasteiger partial charge in [-0.2, -0.15) is 8.42 Å². The van der Waals surface area contributed by atoms with E-state index in [1.807, 2.05) is 61.5 Å². The van der Waals surface area contributed by atoms with Crippen LogP contribution < -0.4 is 0 Å². The molecule has 146 valence electrons. The molecule has 0 amide bonds. The van der Waals surface area contributed by atoms with Crippen molar-refractivity contribution in [1.82, 2.24) is 0 Å². The Morgan fingerprint density at radius 1 is 0.857 bits per heavy atom. The molecule has 4 nitrogen and oxygen atoms in total. The zero-order valence-electron chi connectivity index (χ0n) is 16.0. The predicted octanol–water partition coefficient (Wildman–Crippen LogP) is 4.67. The van der Waals surface area contributed by atoms with Crippen LogP contribution in [0.1, 0.15) is 24.5 Å². The van der Waals surface area contributed by atoms with Gasteiger partial charge in [-0.1, -0.05) is 72.3 Å². The molecule has 0 saturated carbocycles. The number of aliphatic hydroxyl groups is 1. The first-order valence-electron chi connectivity index (χ1n) is 9.12. The van der Waals surface area contributed by atoms with Gasteiger partial charge in [-0.3, -0.25) is 4.18 Å². The van der Waals surface area contributed by atoms with E-state index in [9.17, 15) is 13.5 Å². The van der Waals surface area contributed by atoms with Gasteiger partial charge >= 0.3 is 0 Å². The van der Waals surface area contributed by atoms with E-state index in [0.29, 0.717) is 5.56 Å². The first-order chi connectivity index (χ1) is 13.3. The molecule has 0 aliphatic rings. The molecule has 0 radical (unpaired) electrons. The van der Waals surface area contributed by atoms with Crippen LogP contribution in [0.5, 0.6) is 0 Å². The zero-order chi connectivity index (χ0) is 20.2. The Labute approximate surface area is 166 Å². The van der Waals surface area contributed by atoms with Gasteiger partial charge in [0.05, 0.1) is 17.1 Å². The summed E-state index contributed by atoms with van der Waals surface area (Å²) >= 11 is 0. The van der Waals surface area contributed by atoms with E-state index >= 15 is 0 Å². The number of benzene rings is 3. The molecule has 0 saturated heterocycles. The number of rotatable bonds is 7. The second kappa shape index (κ2) is 8.27. The molecule has 0 aromatic heterocycles. The van der Waals surface area contributed by atoms with Gasteiger partial charge in [0.2, 0.25) is 0 Å². The van der Waals surface area contributed by atoms with E-state index in [-0.39, 0.29) is 17.9 Å². The van der Waals surface area contributed by atoms with Crippen molar-refractivity contribution >= 4 is 10.1 Å². The first kappa shape index (κ1) is 20.3. The third kappa shape index (κ3) is 4.87. The van der Waals surface area contributed by atoms with E-state index in [0.717, 1.165) is 16.7 Å². The molecule has 1 atom stereocenters. The van der Waals surface area contributed by atoms with Crippen LogP contribution in [-0.4, -0.2) is 20.1 Å². The molecule has 5 heteroatoms. The summed E-state index contributed by atoms with van der Waals surface area (Å²) in [7, 11) is -3.84. The maximum atomic E-state index is 12.3. The Kier molecular flexibility index (Phi) is 5.98. The maximum absolute atomic E-state index is 12.3. The van der Waals surface area contributed by atoms with Gasteiger partial charge in [-0.25, -0.2) is 0 Å². The Hall–Kier alpha value is -2.47. The fourth-order valence-corrected chi connectivity index (χ4v) is 3.83. The Balaban J connectivity index is 1.64. The molecule has 3 aromatic rings. The predicted molar refractivity (Wildman–Crippen MR) is 110 cm³/mol. The number of aryl methyl sites for hydroxylation is 1. The molecule has 1 unspecified atom stereocenters. The molecule has 28 heavy (non-hydrogen) atoms. The molecule has 0 fully saturated rings. The van der Waals surface area contributed by atoms with E-state index in [1.54, 1.807) is 19.1 Å². The fourth-order valence-electron chi connectivity index (χ4n) is 2.92. The molecule has 0 aliphatic heterocycles. The topological polar surface area (TPSA) is 63.6 Å². The minimum absolute atomic E-state index is 0.107. The molecule has 1 N–H and O–H groups in total. The lowest BCUT2D eigenvalue weighted by Gasteiger charge is -2.24. The van der Waals surface area contributed by atoms with E-state index < -0.39 is 15.7 Å². The van der Waals surface area contributed by atoms with Gasteiger partial charge in [-0.15, -0.1) is 0 Å². The van der Waals surface area contributed by atoms with Crippen LogP contribution in [0.25, 0.3) is 11.1 Å². The van der Waals surface area contributed by atoms with Crippen molar-refractivity contribution in [2.24, 2.45) is 0 Å². The van der Waals surface area contributed by atoms with E-state index in [4.69, 9.17) is 4.18 Å². The second-order valence-electron chi connectivity index (χ2n) is 7.06. The largest absolute Gasteiger partial charge is 0.385 e. The van der Waals surface area contributed by atoms with Crippen molar-refractivity contribution in [2.45, 2.75) is 30.8 Å². The SMILES string of the molecule is Cc1ccc(S(=O)(=O)OCCC(C)(O)c2ccc(-c3ccccc3)cc2)cc1. The highest BCUT2D eigenvalue weighted by Gasteiger charge is 2.25. The Bertz CT molecular complexity index is 1010. The van der Waals surface area contributed by atoms with Crippen molar-refractivity contribution in [3.05, 3.63) is 90.0 Å². The standard InChI is InChI=1S/C23H24O4S/c1-18-8-14-22(15-9-18)28(25,26)27-17-16-23(2,24)21-12-10-20(11-13-21)19-6-4-3-5-7-19/h3-15,24H,16-17H2,1-2H3. The molecule has 0 bridgehead atoms. The molecule has 0 aliphatic carbocycles. The highest BCUT2D eigenvalue weighted by atomic mass is 32.2. The lowest BCUT2D eigenvalue weighted by atomic mass is 9.91. The van der Waals surface area contributed by atoms with Crippen LogP contribution >= 0.6 is 0 Å². The highest BCUT2D eigenvalue weighted by Crippen LogP contribution is 2.28. The Morgan fingerprint density at radius 2 is 1.43 bits per heavy atom. The highest BCUT2D eigenvalue weighted by molar-refractivity contribution is 7.86.